The van der Waals surface area contributed by atoms with Crippen molar-refractivity contribution in [3.05, 3.63) is 0 Å². The summed E-state index contributed by atoms with van der Waals surface area (Å²) in [5, 5.41) is 10.4. The van der Waals surface area contributed by atoms with Gasteiger partial charge < -0.3 is 21.7 Å². The summed E-state index contributed by atoms with van der Waals surface area (Å²) >= 11 is 0. The first-order valence-corrected chi connectivity index (χ1v) is 7.43. The van der Waals surface area contributed by atoms with E-state index < -0.39 is 0 Å². The molecular formula is C14H34N4. The predicted octanol–water partition coefficient (Wildman–Crippen LogP) is 1.07. The molecule has 0 aliphatic rings. The average molecular weight is 258 g/mol. The molecule has 110 valence electrons. The normalized spacial score (nSPS) is 12.0. The van der Waals surface area contributed by atoms with Gasteiger partial charge in [0.1, 0.15) is 0 Å². The molecule has 4 nitrogen and oxygen atoms in total. The maximum absolute atomic E-state index is 5.42. The van der Waals surface area contributed by atoms with Gasteiger partial charge in [-0.25, -0.2) is 0 Å². The Morgan fingerprint density at radius 3 is 1.72 bits per heavy atom. The highest BCUT2D eigenvalue weighted by Gasteiger charge is 2.06. The molecule has 4 heteroatoms. The number of unbranched alkanes of at least 4 members (excludes halogenated alkanes) is 1. The SMILES string of the molecule is CC(C)(C)NCCCNCCCCNCCCN. The third-order valence-corrected chi connectivity index (χ3v) is 2.70. The Morgan fingerprint density at radius 1 is 0.722 bits per heavy atom. The largest absolute Gasteiger partial charge is 0.330 e. The van der Waals surface area contributed by atoms with Crippen molar-refractivity contribution >= 4 is 0 Å². The van der Waals surface area contributed by atoms with E-state index in [0.29, 0.717) is 0 Å². The Labute approximate surface area is 113 Å². The molecule has 0 rings (SSSR count). The van der Waals surface area contributed by atoms with Gasteiger partial charge >= 0.3 is 0 Å². The van der Waals surface area contributed by atoms with Gasteiger partial charge in [-0.2, -0.15) is 0 Å². The van der Waals surface area contributed by atoms with Crippen molar-refractivity contribution in [2.75, 3.05) is 39.3 Å². The molecule has 0 aromatic carbocycles. The molecule has 0 heterocycles. The first-order chi connectivity index (χ1) is 8.56. The van der Waals surface area contributed by atoms with Gasteiger partial charge in [0.25, 0.3) is 0 Å². The van der Waals surface area contributed by atoms with Crippen LogP contribution in [0.3, 0.4) is 0 Å². The third kappa shape index (κ3) is 15.8. The van der Waals surface area contributed by atoms with E-state index in [2.05, 4.69) is 36.7 Å². The molecule has 0 aromatic heterocycles. The minimum Gasteiger partial charge on any atom is -0.330 e. The topological polar surface area (TPSA) is 62.1 Å². The minimum absolute atomic E-state index is 0.245. The number of hydrogen-bond acceptors (Lipinski definition) is 4. The Balaban J connectivity index is 2.99. The van der Waals surface area contributed by atoms with Crippen molar-refractivity contribution in [2.24, 2.45) is 5.73 Å². The van der Waals surface area contributed by atoms with Crippen LogP contribution in [-0.4, -0.2) is 44.8 Å². The molecule has 0 aliphatic heterocycles. The summed E-state index contributed by atoms with van der Waals surface area (Å²) in [7, 11) is 0. The number of hydrogen-bond donors (Lipinski definition) is 4. The monoisotopic (exact) mass is 258 g/mol. The maximum Gasteiger partial charge on any atom is 0.00965 e. The van der Waals surface area contributed by atoms with Gasteiger partial charge in [0.2, 0.25) is 0 Å². The molecule has 0 fully saturated rings. The first kappa shape index (κ1) is 17.8. The summed E-state index contributed by atoms with van der Waals surface area (Å²) in [6.45, 7) is 12.9. The number of nitrogens with two attached hydrogens (primary N) is 1. The molecule has 0 spiro atoms. The Hall–Kier alpha value is -0.160. The molecule has 18 heavy (non-hydrogen) atoms. The van der Waals surface area contributed by atoms with Gasteiger partial charge in [0.05, 0.1) is 0 Å². The maximum atomic E-state index is 5.42. The van der Waals surface area contributed by atoms with E-state index in [0.717, 1.165) is 45.7 Å². The van der Waals surface area contributed by atoms with Crippen LogP contribution in [0, 0.1) is 0 Å². The average Bonchev–Trinajstić information content (AvgIpc) is 2.29. The molecule has 0 amide bonds. The highest BCUT2D eigenvalue weighted by Crippen LogP contribution is 1.97. The highest BCUT2D eigenvalue weighted by molar-refractivity contribution is 4.69. The number of rotatable bonds is 12. The molecule has 0 bridgehead atoms. The molecule has 0 radical (unpaired) electrons. The Kier molecular flexibility index (Phi) is 11.8. The second-order valence-electron chi connectivity index (χ2n) is 5.88. The number of nitrogens with one attached hydrogen (secondary N) is 3. The first-order valence-electron chi connectivity index (χ1n) is 7.43. The third-order valence-electron chi connectivity index (χ3n) is 2.70. The van der Waals surface area contributed by atoms with Gasteiger partial charge in [-0.1, -0.05) is 0 Å². The van der Waals surface area contributed by atoms with E-state index in [1.807, 2.05) is 0 Å². The van der Waals surface area contributed by atoms with Crippen molar-refractivity contribution < 1.29 is 0 Å². The van der Waals surface area contributed by atoms with Crippen molar-refractivity contribution in [1.82, 2.24) is 16.0 Å². The quantitative estimate of drug-likeness (QED) is 0.396. The van der Waals surface area contributed by atoms with Gasteiger partial charge in [-0.15, -0.1) is 0 Å². The van der Waals surface area contributed by atoms with Gasteiger partial charge in [0, 0.05) is 5.54 Å². The lowest BCUT2D eigenvalue weighted by Gasteiger charge is -2.20. The van der Waals surface area contributed by atoms with E-state index in [9.17, 15) is 0 Å². The standard InChI is InChI=1S/C14H34N4/c1-14(2,3)18-13-7-12-17-10-5-4-9-16-11-6-8-15/h16-18H,4-13,15H2,1-3H3. The van der Waals surface area contributed by atoms with Crippen LogP contribution in [-0.2, 0) is 0 Å². The van der Waals surface area contributed by atoms with Crippen LogP contribution in [0.25, 0.3) is 0 Å². The molecule has 0 aromatic rings. The fourth-order valence-electron chi connectivity index (χ4n) is 1.65. The summed E-state index contributed by atoms with van der Waals surface area (Å²) in [5.74, 6) is 0. The van der Waals surface area contributed by atoms with Crippen LogP contribution in [0.15, 0.2) is 0 Å². The fourth-order valence-corrected chi connectivity index (χ4v) is 1.65. The van der Waals surface area contributed by atoms with Crippen molar-refractivity contribution in [3.8, 4) is 0 Å². The molecule has 0 unspecified atom stereocenters. The highest BCUT2D eigenvalue weighted by atomic mass is 14.9. The summed E-state index contributed by atoms with van der Waals surface area (Å²) < 4.78 is 0. The van der Waals surface area contributed by atoms with E-state index >= 15 is 0 Å². The minimum atomic E-state index is 0.245. The van der Waals surface area contributed by atoms with Crippen LogP contribution >= 0.6 is 0 Å². The van der Waals surface area contributed by atoms with E-state index in [1.54, 1.807) is 0 Å². The van der Waals surface area contributed by atoms with Crippen LogP contribution in [0.4, 0.5) is 0 Å². The van der Waals surface area contributed by atoms with E-state index in [4.69, 9.17) is 5.73 Å². The van der Waals surface area contributed by atoms with Crippen molar-refractivity contribution in [1.29, 1.82) is 0 Å². The molecule has 5 N–H and O–H groups in total. The van der Waals surface area contributed by atoms with Gasteiger partial charge in [-0.05, 0) is 85.7 Å². The zero-order valence-corrected chi connectivity index (χ0v) is 12.6. The van der Waals surface area contributed by atoms with Crippen molar-refractivity contribution in [3.63, 3.8) is 0 Å². The zero-order chi connectivity index (χ0) is 13.7. The summed E-state index contributed by atoms with van der Waals surface area (Å²) in [5.41, 5.74) is 5.67. The van der Waals surface area contributed by atoms with Crippen LogP contribution in [0.1, 0.15) is 46.5 Å². The Bertz CT molecular complexity index is 166. The summed E-state index contributed by atoms with van der Waals surface area (Å²) in [6, 6.07) is 0. The van der Waals surface area contributed by atoms with Crippen molar-refractivity contribution in [2.45, 2.75) is 52.0 Å². The second-order valence-corrected chi connectivity index (χ2v) is 5.88. The fraction of sp³-hybridized carbons (Fsp3) is 1.00. The van der Waals surface area contributed by atoms with Gasteiger partial charge in [0.15, 0.2) is 0 Å². The molecule has 0 saturated carbocycles. The smallest absolute Gasteiger partial charge is 0.00965 e. The second kappa shape index (κ2) is 11.9. The lowest BCUT2D eigenvalue weighted by atomic mass is 10.1. The molecule has 0 saturated heterocycles. The molecule has 0 atom stereocenters. The Morgan fingerprint density at radius 2 is 1.22 bits per heavy atom. The predicted molar refractivity (Wildman–Crippen MR) is 81.0 cm³/mol. The summed E-state index contributed by atoms with van der Waals surface area (Å²) in [4.78, 5) is 0. The van der Waals surface area contributed by atoms with Crippen LogP contribution in [0.5, 0.6) is 0 Å². The lowest BCUT2D eigenvalue weighted by molar-refractivity contribution is 0.418. The lowest BCUT2D eigenvalue weighted by Crippen LogP contribution is -2.37. The zero-order valence-electron chi connectivity index (χ0n) is 12.6. The summed E-state index contributed by atoms with van der Waals surface area (Å²) in [6.07, 6.45) is 4.78. The van der Waals surface area contributed by atoms with E-state index in [1.165, 1.54) is 19.3 Å². The van der Waals surface area contributed by atoms with Gasteiger partial charge in [-0.3, -0.25) is 0 Å². The van der Waals surface area contributed by atoms with Crippen LogP contribution < -0.4 is 21.7 Å². The molecule has 0 aliphatic carbocycles. The molecular weight excluding hydrogens is 224 g/mol. The van der Waals surface area contributed by atoms with Crippen LogP contribution in [0.2, 0.25) is 0 Å². The van der Waals surface area contributed by atoms with E-state index in [-0.39, 0.29) is 5.54 Å².